The van der Waals surface area contributed by atoms with E-state index < -0.39 is 5.97 Å². The maximum atomic E-state index is 12.5. The van der Waals surface area contributed by atoms with Crippen LogP contribution in [0.15, 0.2) is 46.3 Å². The molecule has 2 heterocycles. The Balaban J connectivity index is 2.17. The third-order valence-corrected chi connectivity index (χ3v) is 4.86. The summed E-state index contributed by atoms with van der Waals surface area (Å²) in [5, 5.41) is 9.37. The first-order valence-electron chi connectivity index (χ1n) is 7.53. The fourth-order valence-corrected chi connectivity index (χ4v) is 3.65. The molecule has 0 bridgehead atoms. The van der Waals surface area contributed by atoms with E-state index in [1.807, 2.05) is 12.1 Å². The highest BCUT2D eigenvalue weighted by molar-refractivity contribution is 8.04. The zero-order chi connectivity index (χ0) is 17.5. The first kappa shape index (κ1) is 17.9. The van der Waals surface area contributed by atoms with E-state index in [-0.39, 0.29) is 23.3 Å². The number of esters is 1. The van der Waals surface area contributed by atoms with Crippen molar-refractivity contribution in [1.29, 1.82) is 5.26 Å². The van der Waals surface area contributed by atoms with Crippen molar-refractivity contribution in [2.75, 3.05) is 13.2 Å². The van der Waals surface area contributed by atoms with Gasteiger partial charge in [-0.15, -0.1) is 0 Å². The van der Waals surface area contributed by atoms with E-state index in [2.05, 4.69) is 6.58 Å². The molecule has 1 saturated heterocycles. The summed E-state index contributed by atoms with van der Waals surface area (Å²) >= 11 is 1.24. The molecule has 24 heavy (non-hydrogen) atoms. The summed E-state index contributed by atoms with van der Waals surface area (Å²) in [6.07, 6.45) is 5.95. The second kappa shape index (κ2) is 8.41. The summed E-state index contributed by atoms with van der Waals surface area (Å²) in [5.41, 5.74) is 0.873. The lowest BCUT2D eigenvalue weighted by Gasteiger charge is -2.15. The highest BCUT2D eigenvalue weighted by Gasteiger charge is 2.39. The maximum Gasteiger partial charge on any atom is 0.351 e. The van der Waals surface area contributed by atoms with E-state index in [1.165, 1.54) is 22.7 Å². The molecule has 0 saturated carbocycles. The molecule has 0 radical (unpaired) electrons. The molecule has 0 aromatic carbocycles. The number of carbonyl (C=O) groups is 2. The van der Waals surface area contributed by atoms with Crippen molar-refractivity contribution >= 4 is 23.6 Å². The number of ether oxygens (including phenoxy) is 1. The summed E-state index contributed by atoms with van der Waals surface area (Å²) < 4.78 is 9.96. The van der Waals surface area contributed by atoms with Crippen molar-refractivity contribution in [2.45, 2.75) is 25.0 Å². The van der Waals surface area contributed by atoms with Crippen LogP contribution in [-0.2, 0) is 20.7 Å². The zero-order valence-electron chi connectivity index (χ0n) is 13.4. The van der Waals surface area contributed by atoms with Crippen LogP contribution in [0, 0.1) is 11.3 Å². The molecule has 7 heteroatoms. The Morgan fingerprint density at radius 3 is 3.00 bits per heavy atom. The van der Waals surface area contributed by atoms with E-state index in [1.54, 1.807) is 19.5 Å². The van der Waals surface area contributed by atoms with Gasteiger partial charge in [0, 0.05) is 6.54 Å². The molecule has 1 aliphatic rings. The fourth-order valence-electron chi connectivity index (χ4n) is 2.32. The smallest absolute Gasteiger partial charge is 0.351 e. The lowest BCUT2D eigenvalue weighted by molar-refractivity contribution is -0.137. The van der Waals surface area contributed by atoms with E-state index in [0.717, 1.165) is 5.56 Å². The van der Waals surface area contributed by atoms with Crippen LogP contribution in [0.4, 0.5) is 0 Å². The molecule has 126 valence electrons. The Morgan fingerprint density at radius 2 is 2.42 bits per heavy atom. The van der Waals surface area contributed by atoms with Crippen LogP contribution in [0.2, 0.25) is 0 Å². The monoisotopic (exact) mass is 346 g/mol. The molecule has 0 spiro atoms. The number of carbonyl (C=O) groups excluding carboxylic acids is 2. The average molecular weight is 346 g/mol. The second-order valence-corrected chi connectivity index (χ2v) is 6.23. The molecule has 1 atom stereocenters. The van der Waals surface area contributed by atoms with Gasteiger partial charge in [0.2, 0.25) is 5.91 Å². The van der Waals surface area contributed by atoms with Gasteiger partial charge in [-0.1, -0.05) is 24.4 Å². The number of nitrogens with zero attached hydrogens (tertiary/aromatic N) is 2. The first-order chi connectivity index (χ1) is 11.6. The number of aryl methyl sites for hydroxylation is 1. The minimum Gasteiger partial charge on any atom is -0.472 e. The van der Waals surface area contributed by atoms with Crippen LogP contribution < -0.4 is 0 Å². The average Bonchev–Trinajstić information content (AvgIpc) is 3.20. The molecule has 0 N–H and O–H groups in total. The maximum absolute atomic E-state index is 12.5. The van der Waals surface area contributed by atoms with Crippen LogP contribution in [-0.4, -0.2) is 35.2 Å². The van der Waals surface area contributed by atoms with Gasteiger partial charge in [0.1, 0.15) is 17.7 Å². The van der Waals surface area contributed by atoms with Crippen molar-refractivity contribution in [3.63, 3.8) is 0 Å². The number of nitriles is 1. The predicted molar refractivity (Wildman–Crippen MR) is 89.6 cm³/mol. The lowest BCUT2D eigenvalue weighted by atomic mass is 10.1. The van der Waals surface area contributed by atoms with Gasteiger partial charge in [0.05, 0.1) is 17.8 Å². The van der Waals surface area contributed by atoms with Gasteiger partial charge in [0.15, 0.2) is 5.57 Å². The molecule has 6 nitrogen and oxygen atoms in total. The Bertz CT molecular complexity index is 688. The van der Waals surface area contributed by atoms with Gasteiger partial charge in [-0.05, 0) is 31.4 Å². The Kier molecular flexibility index (Phi) is 6.27. The summed E-state index contributed by atoms with van der Waals surface area (Å²) in [5.74, 6) is -0.827. The standard InChI is InChI=1S/C17H18N2O4S/c1-3-8-23-17(21)13(10-18)16-19(4-2)15(20)14(24-16)6-5-12-7-9-22-11-12/h3,7,9,11,14H,1,4-6,8H2,2H3. The van der Waals surface area contributed by atoms with Crippen LogP contribution in [0.25, 0.3) is 0 Å². The van der Waals surface area contributed by atoms with Gasteiger partial charge in [-0.2, -0.15) is 5.26 Å². The summed E-state index contributed by atoms with van der Waals surface area (Å²) in [6, 6.07) is 3.72. The summed E-state index contributed by atoms with van der Waals surface area (Å²) in [7, 11) is 0. The molecule has 2 rings (SSSR count). The van der Waals surface area contributed by atoms with Crippen molar-refractivity contribution in [2.24, 2.45) is 0 Å². The third kappa shape index (κ3) is 3.89. The van der Waals surface area contributed by atoms with Crippen LogP contribution >= 0.6 is 11.8 Å². The molecule has 1 fully saturated rings. The van der Waals surface area contributed by atoms with E-state index in [4.69, 9.17) is 9.15 Å². The first-order valence-corrected chi connectivity index (χ1v) is 8.41. The molecular weight excluding hydrogens is 328 g/mol. The van der Waals surface area contributed by atoms with Crippen molar-refractivity contribution < 1.29 is 18.7 Å². The summed E-state index contributed by atoms with van der Waals surface area (Å²) in [4.78, 5) is 26.0. The summed E-state index contributed by atoms with van der Waals surface area (Å²) in [6.45, 7) is 5.68. The van der Waals surface area contributed by atoms with Crippen LogP contribution in [0.5, 0.6) is 0 Å². The Labute approximate surface area is 144 Å². The molecule has 1 aliphatic heterocycles. The van der Waals surface area contributed by atoms with E-state index >= 15 is 0 Å². The number of amides is 1. The van der Waals surface area contributed by atoms with Gasteiger partial charge in [0.25, 0.3) is 0 Å². The van der Waals surface area contributed by atoms with Gasteiger partial charge in [-0.3, -0.25) is 4.79 Å². The number of hydrogen-bond acceptors (Lipinski definition) is 6. The molecule has 1 unspecified atom stereocenters. The fraction of sp³-hybridized carbons (Fsp3) is 0.353. The minimum atomic E-state index is -0.735. The number of thioether (sulfide) groups is 1. The minimum absolute atomic E-state index is 0.0198. The molecule has 0 aliphatic carbocycles. The Hall–Kier alpha value is -2.46. The van der Waals surface area contributed by atoms with E-state index in [0.29, 0.717) is 24.4 Å². The van der Waals surface area contributed by atoms with Crippen LogP contribution in [0.1, 0.15) is 18.9 Å². The third-order valence-electron chi connectivity index (χ3n) is 3.49. The molecule has 1 amide bonds. The van der Waals surface area contributed by atoms with Gasteiger partial charge >= 0.3 is 5.97 Å². The topological polar surface area (TPSA) is 83.5 Å². The van der Waals surface area contributed by atoms with Gasteiger partial charge in [-0.25, -0.2) is 4.79 Å². The largest absolute Gasteiger partial charge is 0.472 e. The number of furan rings is 1. The highest BCUT2D eigenvalue weighted by atomic mass is 32.2. The van der Waals surface area contributed by atoms with E-state index in [9.17, 15) is 14.9 Å². The van der Waals surface area contributed by atoms with Gasteiger partial charge < -0.3 is 14.1 Å². The number of hydrogen-bond donors (Lipinski definition) is 0. The zero-order valence-corrected chi connectivity index (χ0v) is 14.2. The normalized spacial score (nSPS) is 19.1. The molecule has 1 aromatic rings. The second-order valence-electron chi connectivity index (χ2n) is 5.04. The quantitative estimate of drug-likeness (QED) is 0.327. The van der Waals surface area contributed by atoms with Crippen molar-refractivity contribution in [3.05, 3.63) is 47.4 Å². The highest BCUT2D eigenvalue weighted by Crippen LogP contribution is 2.39. The Morgan fingerprint density at radius 1 is 1.62 bits per heavy atom. The molecule has 1 aromatic heterocycles. The number of rotatable bonds is 7. The SMILES string of the molecule is C=CCOC(=O)C(C#N)=C1SC(CCc2ccoc2)C(=O)N1CC. The van der Waals surface area contributed by atoms with Crippen molar-refractivity contribution in [3.8, 4) is 6.07 Å². The predicted octanol–water partition coefficient (Wildman–Crippen LogP) is 2.64. The van der Waals surface area contributed by atoms with Crippen molar-refractivity contribution in [1.82, 2.24) is 4.90 Å². The molecular formula is C17H18N2O4S. The van der Waals surface area contributed by atoms with Crippen LogP contribution in [0.3, 0.4) is 0 Å². The lowest BCUT2D eigenvalue weighted by Crippen LogP contribution is -2.29.